The number of carboxylic acids is 2. The van der Waals surface area contributed by atoms with E-state index in [1.165, 1.54) is 18.4 Å². The fourth-order valence-electron chi connectivity index (χ4n) is 3.58. The van der Waals surface area contributed by atoms with E-state index in [-0.39, 0.29) is 0 Å². The lowest BCUT2D eigenvalue weighted by molar-refractivity contribution is -0.193. The van der Waals surface area contributed by atoms with Crippen LogP contribution in [0.25, 0.3) is 0 Å². The Labute approximate surface area is 188 Å². The summed E-state index contributed by atoms with van der Waals surface area (Å²) in [7, 11) is 0. The van der Waals surface area contributed by atoms with Gasteiger partial charge in [-0.15, -0.1) is 0 Å². The number of aliphatic carboxylic acids is 2. The third kappa shape index (κ3) is 7.60. The monoisotopic (exact) mass is 498 g/mol. The number of aromatic nitrogens is 2. The molecule has 0 unspecified atom stereocenters. The van der Waals surface area contributed by atoms with Crippen molar-refractivity contribution >= 4 is 17.9 Å². The van der Waals surface area contributed by atoms with E-state index < -0.39 is 24.3 Å². The van der Waals surface area contributed by atoms with Crippen LogP contribution in [0.1, 0.15) is 18.4 Å². The molecule has 2 atom stereocenters. The number of anilines is 1. The minimum Gasteiger partial charge on any atom is -0.475 e. The summed E-state index contributed by atoms with van der Waals surface area (Å²) in [6.45, 7) is 3.19. The number of hydrogen-bond donors (Lipinski definition) is 2. The molecule has 2 N–H and O–H groups in total. The van der Waals surface area contributed by atoms with Crippen molar-refractivity contribution in [1.29, 1.82) is 0 Å². The molecule has 34 heavy (non-hydrogen) atoms. The number of furan rings is 1. The van der Waals surface area contributed by atoms with E-state index in [0.717, 1.165) is 25.6 Å². The SMILES string of the molecule is O=C(O)C(F)(F)F.O=C(O)C(F)(F)F.c1cnc(N2CC[C@@H]3[C@@H]2CCN3Cc2ccoc2)nc1. The number of rotatable bonds is 3. The van der Waals surface area contributed by atoms with E-state index in [1.807, 2.05) is 24.7 Å². The van der Waals surface area contributed by atoms with E-state index in [2.05, 4.69) is 25.8 Å². The molecule has 0 saturated carbocycles. The van der Waals surface area contributed by atoms with E-state index in [1.54, 1.807) is 6.26 Å². The van der Waals surface area contributed by atoms with Gasteiger partial charge in [-0.3, -0.25) is 4.90 Å². The van der Waals surface area contributed by atoms with Crippen LogP contribution in [0.5, 0.6) is 0 Å². The summed E-state index contributed by atoms with van der Waals surface area (Å²) in [6.07, 6.45) is -0.523. The quantitative estimate of drug-likeness (QED) is 0.615. The third-order valence-electron chi connectivity index (χ3n) is 4.95. The highest BCUT2D eigenvalue weighted by Crippen LogP contribution is 2.34. The summed E-state index contributed by atoms with van der Waals surface area (Å²) in [5, 5.41) is 14.2. The average molecular weight is 498 g/mol. The molecule has 4 rings (SSSR count). The Bertz CT molecular complexity index is 900. The van der Waals surface area contributed by atoms with Gasteiger partial charge >= 0.3 is 24.3 Å². The first-order valence-electron chi connectivity index (χ1n) is 9.69. The minimum atomic E-state index is -5.08. The van der Waals surface area contributed by atoms with Gasteiger partial charge < -0.3 is 19.5 Å². The largest absolute Gasteiger partial charge is 0.490 e. The van der Waals surface area contributed by atoms with Crippen molar-refractivity contribution in [2.45, 2.75) is 43.8 Å². The Morgan fingerprint density at radius 2 is 1.50 bits per heavy atom. The second-order valence-corrected chi connectivity index (χ2v) is 7.16. The molecule has 0 spiro atoms. The van der Waals surface area contributed by atoms with Gasteiger partial charge in [-0.2, -0.15) is 26.3 Å². The molecule has 4 heterocycles. The van der Waals surface area contributed by atoms with Gasteiger partial charge in [-0.25, -0.2) is 19.6 Å². The molecule has 0 radical (unpaired) electrons. The Hall–Kier alpha value is -3.36. The van der Waals surface area contributed by atoms with Crippen molar-refractivity contribution in [3.63, 3.8) is 0 Å². The van der Waals surface area contributed by atoms with E-state index in [9.17, 15) is 26.3 Å². The van der Waals surface area contributed by atoms with E-state index >= 15 is 0 Å². The van der Waals surface area contributed by atoms with Crippen LogP contribution in [-0.4, -0.2) is 74.5 Å². The second-order valence-electron chi connectivity index (χ2n) is 7.16. The number of carbonyl (C=O) groups is 2. The molecule has 2 aliphatic rings. The summed E-state index contributed by atoms with van der Waals surface area (Å²) >= 11 is 0. The Morgan fingerprint density at radius 3 is 1.97 bits per heavy atom. The molecule has 15 heteroatoms. The molecule has 188 valence electrons. The molecule has 2 aromatic heterocycles. The van der Waals surface area contributed by atoms with Gasteiger partial charge in [0.25, 0.3) is 0 Å². The number of hydrogen-bond acceptors (Lipinski definition) is 7. The summed E-state index contributed by atoms with van der Waals surface area (Å²) in [5.41, 5.74) is 1.26. The fraction of sp³-hybridized carbons (Fsp3) is 0.474. The Balaban J connectivity index is 0.000000244. The van der Waals surface area contributed by atoms with Gasteiger partial charge in [-0.05, 0) is 25.0 Å². The molecule has 2 aliphatic heterocycles. The maximum absolute atomic E-state index is 10.6. The number of likely N-dealkylation sites (tertiary alicyclic amines) is 1. The predicted octanol–water partition coefficient (Wildman–Crippen LogP) is 3.19. The minimum absolute atomic E-state index is 0.560. The third-order valence-corrected chi connectivity index (χ3v) is 4.95. The molecular formula is C19H20F6N4O5. The van der Waals surface area contributed by atoms with Crippen LogP contribution in [0, 0.1) is 0 Å². The summed E-state index contributed by atoms with van der Waals surface area (Å²) in [6, 6.07) is 5.11. The van der Waals surface area contributed by atoms with Crippen molar-refractivity contribution in [3.05, 3.63) is 42.6 Å². The maximum Gasteiger partial charge on any atom is 0.490 e. The first-order valence-corrected chi connectivity index (χ1v) is 9.69. The van der Waals surface area contributed by atoms with Crippen LogP contribution < -0.4 is 4.90 Å². The van der Waals surface area contributed by atoms with Crippen molar-refractivity contribution in [1.82, 2.24) is 14.9 Å². The maximum atomic E-state index is 10.6. The topological polar surface area (TPSA) is 120 Å². The van der Waals surface area contributed by atoms with Crippen molar-refractivity contribution < 1.29 is 50.6 Å². The van der Waals surface area contributed by atoms with Gasteiger partial charge in [0, 0.05) is 49.7 Å². The van der Waals surface area contributed by atoms with Gasteiger partial charge in [-0.1, -0.05) is 0 Å². The molecule has 0 aliphatic carbocycles. The molecule has 2 aromatic rings. The fourth-order valence-corrected chi connectivity index (χ4v) is 3.58. The average Bonchev–Trinajstić information content (AvgIpc) is 3.48. The lowest BCUT2D eigenvalue weighted by Gasteiger charge is -2.25. The predicted molar refractivity (Wildman–Crippen MR) is 103 cm³/mol. The number of carboxylic acid groups (broad SMARTS) is 2. The van der Waals surface area contributed by atoms with Crippen LogP contribution in [0.2, 0.25) is 0 Å². The highest BCUT2D eigenvalue weighted by molar-refractivity contribution is 5.73. The lowest BCUT2D eigenvalue weighted by Crippen LogP contribution is -2.36. The molecular weight excluding hydrogens is 478 g/mol. The van der Waals surface area contributed by atoms with Crippen LogP contribution in [0.3, 0.4) is 0 Å². The Morgan fingerprint density at radius 1 is 0.971 bits per heavy atom. The standard InChI is InChI=1S/C15H18N4O.2C2HF3O2/c1-5-16-15(17-6-1)19-8-3-13-14(19)2-7-18(13)10-12-4-9-20-11-12;2*3-2(4,5)1(6)7/h1,4-6,9,11,13-14H,2-3,7-8,10H2;2*(H,6,7)/t13-,14+;;/m1../s1. The highest BCUT2D eigenvalue weighted by atomic mass is 19.4. The zero-order valence-corrected chi connectivity index (χ0v) is 17.3. The second kappa shape index (κ2) is 11.2. The van der Waals surface area contributed by atoms with Crippen molar-refractivity contribution in [3.8, 4) is 0 Å². The summed E-state index contributed by atoms with van der Waals surface area (Å²) < 4.78 is 68.6. The zero-order valence-electron chi connectivity index (χ0n) is 17.3. The highest BCUT2D eigenvalue weighted by Gasteiger charge is 2.43. The molecule has 2 fully saturated rings. The van der Waals surface area contributed by atoms with Crippen LogP contribution in [-0.2, 0) is 16.1 Å². The first-order chi connectivity index (χ1) is 15.8. The van der Waals surface area contributed by atoms with Crippen LogP contribution in [0.4, 0.5) is 32.3 Å². The number of nitrogens with zero attached hydrogens (tertiary/aromatic N) is 4. The Kier molecular flexibility index (Phi) is 8.84. The molecule has 0 amide bonds. The van der Waals surface area contributed by atoms with E-state index in [4.69, 9.17) is 24.2 Å². The molecule has 0 bridgehead atoms. The van der Waals surface area contributed by atoms with Crippen LogP contribution in [0.15, 0.2) is 41.5 Å². The van der Waals surface area contributed by atoms with Gasteiger partial charge in [0.1, 0.15) is 0 Å². The van der Waals surface area contributed by atoms with Crippen molar-refractivity contribution in [2.75, 3.05) is 18.0 Å². The van der Waals surface area contributed by atoms with Gasteiger partial charge in [0.05, 0.1) is 12.5 Å². The molecule has 2 saturated heterocycles. The zero-order chi connectivity index (χ0) is 25.5. The van der Waals surface area contributed by atoms with Crippen LogP contribution >= 0.6 is 0 Å². The van der Waals surface area contributed by atoms with Gasteiger partial charge in [0.15, 0.2) is 0 Å². The lowest BCUT2D eigenvalue weighted by atomic mass is 10.1. The molecule has 0 aromatic carbocycles. The van der Waals surface area contributed by atoms with Gasteiger partial charge in [0.2, 0.25) is 5.95 Å². The number of halogens is 6. The first kappa shape index (κ1) is 26.9. The smallest absolute Gasteiger partial charge is 0.475 e. The normalized spacial score (nSPS) is 20.0. The molecule has 9 nitrogen and oxygen atoms in total. The number of fused-ring (bicyclic) bond motifs is 1. The summed E-state index contributed by atoms with van der Waals surface area (Å²) in [4.78, 5) is 31.5. The number of alkyl halides is 6. The van der Waals surface area contributed by atoms with E-state index in [0.29, 0.717) is 12.1 Å². The summed E-state index contributed by atoms with van der Waals surface area (Å²) in [5.74, 6) is -4.63. The van der Waals surface area contributed by atoms with Crippen molar-refractivity contribution in [2.24, 2.45) is 0 Å².